The minimum atomic E-state index is 0.399. The van der Waals surface area contributed by atoms with Crippen LogP contribution in [0.4, 0.5) is 11.5 Å². The number of pyridine rings is 1. The van der Waals surface area contributed by atoms with E-state index in [1.165, 1.54) is 5.56 Å². The number of rotatable bonds is 3. The van der Waals surface area contributed by atoms with Crippen molar-refractivity contribution in [3.05, 3.63) is 16.8 Å². The second-order valence-electron chi connectivity index (χ2n) is 7.61. The number of piperazine rings is 1. The smallest absolute Gasteiger partial charge is 0.146 e. The summed E-state index contributed by atoms with van der Waals surface area (Å²) in [4.78, 5) is 9.65. The molecule has 3 N–H and O–H groups in total. The molecule has 7 nitrogen and oxygen atoms in total. The number of aromatic nitrogens is 1. The maximum absolute atomic E-state index is 10.0. The lowest BCUT2D eigenvalue weighted by Crippen LogP contribution is -2.45. The molecule has 0 unspecified atom stereocenters. The van der Waals surface area contributed by atoms with E-state index >= 15 is 0 Å². The summed E-state index contributed by atoms with van der Waals surface area (Å²) in [5.74, 6) is 0.790. The van der Waals surface area contributed by atoms with Gasteiger partial charge in [0.1, 0.15) is 17.5 Å². The van der Waals surface area contributed by atoms with Crippen molar-refractivity contribution in [2.75, 3.05) is 63.1 Å². The molecule has 0 saturated carbocycles. The van der Waals surface area contributed by atoms with Crippen LogP contribution >= 0.6 is 0 Å². The summed E-state index contributed by atoms with van der Waals surface area (Å²) in [6.45, 7) is 7.78. The zero-order chi connectivity index (χ0) is 17.9. The van der Waals surface area contributed by atoms with Crippen LogP contribution in [0.3, 0.4) is 0 Å². The lowest BCUT2D eigenvalue weighted by atomic mass is 9.98. The fraction of sp³-hybridized carbons (Fsp3) is 0.684. The van der Waals surface area contributed by atoms with Crippen molar-refractivity contribution >= 4 is 11.5 Å². The molecule has 26 heavy (non-hydrogen) atoms. The Hall–Kier alpha value is -1.88. The molecule has 4 heterocycles. The summed E-state index contributed by atoms with van der Waals surface area (Å²) in [6, 6.07) is 2.89. The van der Waals surface area contributed by atoms with Gasteiger partial charge in [-0.2, -0.15) is 5.26 Å². The van der Waals surface area contributed by atoms with Gasteiger partial charge in [-0.15, -0.1) is 0 Å². The largest absolute Gasteiger partial charge is 0.368 e. The maximum atomic E-state index is 10.0. The van der Waals surface area contributed by atoms with Gasteiger partial charge in [0.15, 0.2) is 0 Å². The Kier molecular flexibility index (Phi) is 5.25. The predicted molar refractivity (Wildman–Crippen MR) is 104 cm³/mol. The van der Waals surface area contributed by atoms with Crippen molar-refractivity contribution in [1.29, 1.82) is 5.26 Å². The molecule has 1 aromatic rings. The first kappa shape index (κ1) is 17.5. The minimum absolute atomic E-state index is 0.399. The van der Waals surface area contributed by atoms with Gasteiger partial charge in [0.05, 0.1) is 11.4 Å². The van der Waals surface area contributed by atoms with E-state index in [1.807, 2.05) is 0 Å². The number of fused-ring (bicyclic) bond motifs is 1. The Labute approximate surface area is 155 Å². The average molecular weight is 355 g/mol. The Morgan fingerprint density at radius 3 is 2.62 bits per heavy atom. The third-order valence-corrected chi connectivity index (χ3v) is 5.80. The molecule has 0 bridgehead atoms. The minimum Gasteiger partial charge on any atom is -0.368 e. The number of nitrogens with zero attached hydrogens (tertiary/aromatic N) is 4. The number of piperidine rings is 1. The molecule has 3 aliphatic rings. The number of hydrogen-bond donors (Lipinski definition) is 3. The number of nitriles is 1. The van der Waals surface area contributed by atoms with Crippen LogP contribution in [0, 0.1) is 11.3 Å². The molecule has 0 atom stereocenters. The number of nitrogens with one attached hydrogen (secondary N) is 3. The van der Waals surface area contributed by atoms with Gasteiger partial charge in [-0.3, -0.25) is 0 Å². The van der Waals surface area contributed by atoms with Crippen molar-refractivity contribution in [2.45, 2.75) is 31.8 Å². The second kappa shape index (κ2) is 7.78. The fourth-order valence-electron chi connectivity index (χ4n) is 4.28. The van der Waals surface area contributed by atoms with Gasteiger partial charge in [0.2, 0.25) is 0 Å². The molecule has 0 amide bonds. The zero-order valence-electron chi connectivity index (χ0n) is 15.6. The van der Waals surface area contributed by atoms with Crippen LogP contribution in [-0.4, -0.2) is 68.8 Å². The van der Waals surface area contributed by atoms with E-state index in [4.69, 9.17) is 4.98 Å². The average Bonchev–Trinajstić information content (AvgIpc) is 2.69. The molecule has 2 fully saturated rings. The second-order valence-corrected chi connectivity index (χ2v) is 7.61. The molecule has 1 aromatic heterocycles. The van der Waals surface area contributed by atoms with Crippen LogP contribution in [-0.2, 0) is 13.0 Å². The van der Waals surface area contributed by atoms with Crippen LogP contribution in [0.15, 0.2) is 0 Å². The van der Waals surface area contributed by atoms with E-state index in [-0.39, 0.29) is 0 Å². The predicted octanol–water partition coefficient (Wildman–Crippen LogP) is 0.515. The lowest BCUT2D eigenvalue weighted by molar-refractivity contribution is 0.263. The van der Waals surface area contributed by atoms with E-state index in [0.29, 0.717) is 6.04 Å². The molecule has 3 aliphatic heterocycles. The van der Waals surface area contributed by atoms with E-state index in [1.54, 1.807) is 0 Å². The molecule has 0 aromatic carbocycles. The van der Waals surface area contributed by atoms with Crippen LogP contribution in [0.1, 0.15) is 29.7 Å². The number of anilines is 2. The van der Waals surface area contributed by atoms with E-state index in [9.17, 15) is 5.26 Å². The molecular formula is C19H29N7. The van der Waals surface area contributed by atoms with Gasteiger partial charge in [0, 0.05) is 44.3 Å². The summed E-state index contributed by atoms with van der Waals surface area (Å²) < 4.78 is 0. The summed E-state index contributed by atoms with van der Waals surface area (Å²) >= 11 is 0. The fourth-order valence-corrected chi connectivity index (χ4v) is 4.28. The highest BCUT2D eigenvalue weighted by atomic mass is 15.2. The summed E-state index contributed by atoms with van der Waals surface area (Å²) in [5.41, 5.74) is 4.26. The maximum Gasteiger partial charge on any atom is 0.146 e. The van der Waals surface area contributed by atoms with Gasteiger partial charge >= 0.3 is 0 Å². The van der Waals surface area contributed by atoms with Gasteiger partial charge in [0.25, 0.3) is 0 Å². The van der Waals surface area contributed by atoms with Gasteiger partial charge in [-0.1, -0.05) is 0 Å². The highest BCUT2D eigenvalue weighted by Gasteiger charge is 2.27. The third-order valence-electron chi connectivity index (χ3n) is 5.80. The standard InChI is InChI=1S/C19H29N7/c1-25-8-3-14(4-9-25)23-19-16(12-20)18(26-10-6-21-7-11-26)15-2-5-22-13-17(15)24-19/h14,21-22H,2-11,13H2,1H3,(H,23,24). The summed E-state index contributed by atoms with van der Waals surface area (Å²) in [5, 5.41) is 20.5. The molecule has 4 rings (SSSR count). The first-order valence-corrected chi connectivity index (χ1v) is 9.83. The summed E-state index contributed by atoms with van der Waals surface area (Å²) in [7, 11) is 2.17. The van der Waals surface area contributed by atoms with Gasteiger partial charge in [-0.05, 0) is 45.9 Å². The van der Waals surface area contributed by atoms with Crippen LogP contribution in [0.25, 0.3) is 0 Å². The van der Waals surface area contributed by atoms with Crippen molar-refractivity contribution < 1.29 is 0 Å². The molecule has 0 spiro atoms. The van der Waals surface area contributed by atoms with Crippen LogP contribution < -0.4 is 20.9 Å². The molecule has 7 heteroatoms. The molecule has 2 saturated heterocycles. The Morgan fingerprint density at radius 1 is 1.12 bits per heavy atom. The van der Waals surface area contributed by atoms with Gasteiger partial charge in [-0.25, -0.2) is 4.98 Å². The number of likely N-dealkylation sites (tertiary alicyclic amines) is 1. The van der Waals surface area contributed by atoms with Crippen molar-refractivity contribution in [3.63, 3.8) is 0 Å². The van der Waals surface area contributed by atoms with Crippen LogP contribution in [0.5, 0.6) is 0 Å². The molecule has 140 valence electrons. The molecule has 0 radical (unpaired) electrons. The van der Waals surface area contributed by atoms with Crippen molar-refractivity contribution in [1.82, 2.24) is 20.5 Å². The first-order chi connectivity index (χ1) is 12.8. The Balaban J connectivity index is 1.70. The molecular weight excluding hydrogens is 326 g/mol. The Bertz CT molecular complexity index is 682. The van der Waals surface area contributed by atoms with Gasteiger partial charge < -0.3 is 25.8 Å². The Morgan fingerprint density at radius 2 is 1.88 bits per heavy atom. The van der Waals surface area contributed by atoms with Crippen molar-refractivity contribution in [3.8, 4) is 6.07 Å². The highest BCUT2D eigenvalue weighted by molar-refractivity contribution is 5.74. The van der Waals surface area contributed by atoms with Crippen molar-refractivity contribution in [2.24, 2.45) is 0 Å². The van der Waals surface area contributed by atoms with Crippen LogP contribution in [0.2, 0.25) is 0 Å². The first-order valence-electron chi connectivity index (χ1n) is 9.83. The van der Waals surface area contributed by atoms with E-state index < -0.39 is 0 Å². The summed E-state index contributed by atoms with van der Waals surface area (Å²) in [6.07, 6.45) is 3.15. The number of hydrogen-bond acceptors (Lipinski definition) is 7. The SMILES string of the molecule is CN1CCC(Nc2nc3c(c(N4CCNCC4)c2C#N)CCNC3)CC1. The topological polar surface area (TPSA) is 79.2 Å². The van der Waals surface area contributed by atoms with E-state index in [0.717, 1.165) is 94.4 Å². The molecule has 0 aliphatic carbocycles. The quantitative estimate of drug-likeness (QED) is 0.729. The highest BCUT2D eigenvalue weighted by Crippen LogP contribution is 2.34. The monoisotopic (exact) mass is 355 g/mol. The lowest BCUT2D eigenvalue weighted by Gasteiger charge is -2.35. The van der Waals surface area contributed by atoms with E-state index in [2.05, 4.69) is 38.9 Å². The zero-order valence-corrected chi connectivity index (χ0v) is 15.6. The normalized spacial score (nSPS) is 21.9. The third kappa shape index (κ3) is 3.50.